The number of methoxy groups -OCH3 is 1. The highest BCUT2D eigenvalue weighted by Gasteiger charge is 2.20. The van der Waals surface area contributed by atoms with Crippen molar-refractivity contribution in [3.05, 3.63) is 46.4 Å². The second kappa shape index (κ2) is 5.37. The van der Waals surface area contributed by atoms with Crippen molar-refractivity contribution < 1.29 is 4.74 Å². The third-order valence-electron chi connectivity index (χ3n) is 3.53. The number of fused-ring (bicyclic) bond motifs is 1. The molecule has 0 fully saturated rings. The number of benzene rings is 2. The molecular formula is C16H17BrN2O. The van der Waals surface area contributed by atoms with Crippen LogP contribution >= 0.6 is 15.9 Å². The van der Waals surface area contributed by atoms with Crippen LogP contribution in [0, 0.1) is 6.92 Å². The van der Waals surface area contributed by atoms with Gasteiger partial charge in [-0.05, 0) is 42.8 Å². The van der Waals surface area contributed by atoms with Crippen LogP contribution in [0.15, 0.2) is 40.9 Å². The molecule has 1 aliphatic heterocycles. The SMILES string of the molecule is COc1ccc(C)cc1N1CCNc2cc(Br)ccc21. The molecule has 2 aromatic rings. The lowest BCUT2D eigenvalue weighted by atomic mass is 10.1. The van der Waals surface area contributed by atoms with Gasteiger partial charge in [0.25, 0.3) is 0 Å². The summed E-state index contributed by atoms with van der Waals surface area (Å²) in [5.74, 6) is 0.909. The van der Waals surface area contributed by atoms with Gasteiger partial charge in [-0.2, -0.15) is 0 Å². The minimum absolute atomic E-state index is 0.909. The van der Waals surface area contributed by atoms with E-state index in [9.17, 15) is 0 Å². The maximum absolute atomic E-state index is 5.52. The fourth-order valence-corrected chi connectivity index (χ4v) is 2.93. The topological polar surface area (TPSA) is 24.5 Å². The lowest BCUT2D eigenvalue weighted by Gasteiger charge is -2.33. The molecule has 0 amide bonds. The van der Waals surface area contributed by atoms with Gasteiger partial charge in [-0.15, -0.1) is 0 Å². The van der Waals surface area contributed by atoms with E-state index in [4.69, 9.17) is 4.74 Å². The molecule has 0 unspecified atom stereocenters. The van der Waals surface area contributed by atoms with Crippen LogP contribution in [0.1, 0.15) is 5.56 Å². The Labute approximate surface area is 127 Å². The first-order chi connectivity index (χ1) is 9.69. The molecule has 3 nitrogen and oxygen atoms in total. The molecule has 0 radical (unpaired) electrons. The second-order valence-corrected chi connectivity index (χ2v) is 5.83. The van der Waals surface area contributed by atoms with Gasteiger partial charge in [0.15, 0.2) is 0 Å². The van der Waals surface area contributed by atoms with Crippen molar-refractivity contribution in [3.63, 3.8) is 0 Å². The fraction of sp³-hybridized carbons (Fsp3) is 0.250. The van der Waals surface area contributed by atoms with E-state index in [2.05, 4.69) is 63.4 Å². The molecule has 104 valence electrons. The van der Waals surface area contributed by atoms with Crippen LogP contribution in [0.3, 0.4) is 0 Å². The number of aryl methyl sites for hydroxylation is 1. The van der Waals surface area contributed by atoms with Crippen molar-refractivity contribution >= 4 is 33.0 Å². The summed E-state index contributed by atoms with van der Waals surface area (Å²) in [6.45, 7) is 3.95. The number of hydrogen-bond donors (Lipinski definition) is 1. The number of halogens is 1. The Morgan fingerprint density at radius 3 is 2.80 bits per heavy atom. The van der Waals surface area contributed by atoms with Crippen molar-refractivity contribution in [2.75, 3.05) is 30.4 Å². The summed E-state index contributed by atoms with van der Waals surface area (Å²) in [5, 5.41) is 3.44. The highest BCUT2D eigenvalue weighted by molar-refractivity contribution is 9.10. The van der Waals surface area contributed by atoms with Crippen LogP contribution in [-0.4, -0.2) is 20.2 Å². The van der Waals surface area contributed by atoms with Crippen molar-refractivity contribution in [1.29, 1.82) is 0 Å². The van der Waals surface area contributed by atoms with Gasteiger partial charge in [-0.3, -0.25) is 0 Å². The minimum Gasteiger partial charge on any atom is -0.495 e. The molecule has 0 aliphatic carbocycles. The van der Waals surface area contributed by atoms with Crippen molar-refractivity contribution in [2.45, 2.75) is 6.92 Å². The normalized spacial score (nSPS) is 13.7. The molecule has 0 atom stereocenters. The summed E-state index contributed by atoms with van der Waals surface area (Å²) < 4.78 is 6.61. The average Bonchev–Trinajstić information content (AvgIpc) is 2.46. The van der Waals surface area contributed by atoms with Crippen LogP contribution < -0.4 is 15.0 Å². The van der Waals surface area contributed by atoms with Gasteiger partial charge in [0.05, 0.1) is 24.2 Å². The Morgan fingerprint density at radius 1 is 1.15 bits per heavy atom. The number of hydrogen-bond acceptors (Lipinski definition) is 3. The maximum Gasteiger partial charge on any atom is 0.142 e. The van der Waals surface area contributed by atoms with Crippen LogP contribution in [0.25, 0.3) is 0 Å². The van der Waals surface area contributed by atoms with Gasteiger partial charge < -0.3 is 15.0 Å². The highest BCUT2D eigenvalue weighted by Crippen LogP contribution is 2.40. The Kier molecular flexibility index (Phi) is 3.57. The van der Waals surface area contributed by atoms with Gasteiger partial charge in [0, 0.05) is 17.6 Å². The Morgan fingerprint density at radius 2 is 2.00 bits per heavy atom. The van der Waals surface area contributed by atoms with Crippen molar-refractivity contribution in [1.82, 2.24) is 0 Å². The Balaban J connectivity index is 2.11. The first-order valence-corrected chi connectivity index (χ1v) is 7.44. The predicted molar refractivity (Wildman–Crippen MR) is 87.4 cm³/mol. The molecule has 1 aliphatic rings. The molecule has 1 heterocycles. The first kappa shape index (κ1) is 13.3. The molecule has 0 saturated heterocycles. The summed E-state index contributed by atoms with van der Waals surface area (Å²) >= 11 is 3.52. The summed E-state index contributed by atoms with van der Waals surface area (Å²) in [7, 11) is 1.72. The minimum atomic E-state index is 0.909. The van der Waals surface area contributed by atoms with E-state index >= 15 is 0 Å². The monoisotopic (exact) mass is 332 g/mol. The van der Waals surface area contributed by atoms with E-state index in [0.717, 1.165) is 34.7 Å². The summed E-state index contributed by atoms with van der Waals surface area (Å²) in [6.07, 6.45) is 0. The van der Waals surface area contributed by atoms with Crippen LogP contribution in [-0.2, 0) is 0 Å². The molecule has 0 saturated carbocycles. The smallest absolute Gasteiger partial charge is 0.142 e. The third kappa shape index (κ3) is 2.36. The largest absolute Gasteiger partial charge is 0.495 e. The molecule has 4 heteroatoms. The lowest BCUT2D eigenvalue weighted by Crippen LogP contribution is -2.30. The maximum atomic E-state index is 5.52. The predicted octanol–water partition coefficient (Wildman–Crippen LogP) is 4.33. The second-order valence-electron chi connectivity index (χ2n) is 4.92. The molecule has 3 rings (SSSR count). The van der Waals surface area contributed by atoms with Crippen molar-refractivity contribution in [2.24, 2.45) is 0 Å². The molecular weight excluding hydrogens is 316 g/mol. The van der Waals surface area contributed by atoms with Crippen LogP contribution in [0.2, 0.25) is 0 Å². The molecule has 2 aromatic carbocycles. The first-order valence-electron chi connectivity index (χ1n) is 6.64. The summed E-state index contributed by atoms with van der Waals surface area (Å²) in [4.78, 5) is 2.31. The summed E-state index contributed by atoms with van der Waals surface area (Å²) in [5.41, 5.74) is 4.69. The zero-order valence-electron chi connectivity index (χ0n) is 11.6. The van der Waals surface area contributed by atoms with E-state index in [0.29, 0.717) is 0 Å². The van der Waals surface area contributed by atoms with E-state index in [1.807, 2.05) is 6.07 Å². The zero-order chi connectivity index (χ0) is 14.1. The van der Waals surface area contributed by atoms with Gasteiger partial charge in [-0.25, -0.2) is 0 Å². The van der Waals surface area contributed by atoms with E-state index < -0.39 is 0 Å². The zero-order valence-corrected chi connectivity index (χ0v) is 13.2. The van der Waals surface area contributed by atoms with Gasteiger partial charge in [-0.1, -0.05) is 22.0 Å². The van der Waals surface area contributed by atoms with Gasteiger partial charge in [0.2, 0.25) is 0 Å². The number of nitrogens with zero attached hydrogens (tertiary/aromatic N) is 1. The Hall–Kier alpha value is -1.68. The van der Waals surface area contributed by atoms with Gasteiger partial charge >= 0.3 is 0 Å². The molecule has 0 spiro atoms. The average molecular weight is 333 g/mol. The van der Waals surface area contributed by atoms with Crippen LogP contribution in [0.4, 0.5) is 17.1 Å². The Bertz CT molecular complexity index is 642. The fourth-order valence-electron chi connectivity index (χ4n) is 2.57. The number of anilines is 3. The molecule has 1 N–H and O–H groups in total. The van der Waals surface area contributed by atoms with E-state index in [1.165, 1.54) is 11.3 Å². The molecule has 0 bridgehead atoms. The molecule has 20 heavy (non-hydrogen) atoms. The third-order valence-corrected chi connectivity index (χ3v) is 4.02. The standard InChI is InChI=1S/C16H17BrN2O/c1-11-3-6-16(20-2)15(9-11)19-8-7-18-13-10-12(17)4-5-14(13)19/h3-6,9-10,18H,7-8H2,1-2H3. The highest BCUT2D eigenvalue weighted by atomic mass is 79.9. The van der Waals surface area contributed by atoms with Crippen molar-refractivity contribution in [3.8, 4) is 5.75 Å². The van der Waals surface area contributed by atoms with Gasteiger partial charge in [0.1, 0.15) is 5.75 Å². The van der Waals surface area contributed by atoms with E-state index in [-0.39, 0.29) is 0 Å². The van der Waals surface area contributed by atoms with E-state index in [1.54, 1.807) is 7.11 Å². The number of rotatable bonds is 2. The number of nitrogens with one attached hydrogen (secondary N) is 1. The quantitative estimate of drug-likeness (QED) is 0.885. The summed E-state index contributed by atoms with van der Waals surface area (Å²) in [6, 6.07) is 12.6. The molecule has 0 aromatic heterocycles. The number of ether oxygens (including phenoxy) is 1. The van der Waals surface area contributed by atoms with Crippen LogP contribution in [0.5, 0.6) is 5.75 Å². The lowest BCUT2D eigenvalue weighted by molar-refractivity contribution is 0.415.